The van der Waals surface area contributed by atoms with E-state index in [1.54, 1.807) is 0 Å². The maximum atomic E-state index is 14.5. The van der Waals surface area contributed by atoms with Gasteiger partial charge in [0.05, 0.1) is 44.1 Å². The van der Waals surface area contributed by atoms with E-state index in [0.29, 0.717) is 50.1 Å². The fourth-order valence-corrected chi connectivity index (χ4v) is 19.3. The van der Waals surface area contributed by atoms with Crippen molar-refractivity contribution < 1.29 is 41.1 Å². The average molecular weight is 914 g/mol. The number of halogens is 1. The Balaban J connectivity index is 0.00000561. The van der Waals surface area contributed by atoms with Crippen molar-refractivity contribution in [1.82, 2.24) is 0 Å². The number of aliphatic hydroxyl groups excluding tert-OH is 1. The van der Waals surface area contributed by atoms with Crippen LogP contribution in [0, 0.1) is 56.7 Å². The lowest BCUT2D eigenvalue weighted by atomic mass is 9.32. The van der Waals surface area contributed by atoms with Crippen molar-refractivity contribution in [2.75, 3.05) is 39.2 Å². The van der Waals surface area contributed by atoms with E-state index in [1.807, 2.05) is 0 Å². The molecule has 7 heteroatoms. The predicted octanol–water partition coefficient (Wildman–Crippen LogP) is 7.58. The average Bonchev–Trinajstić information content (AvgIpc) is 3.66. The standard InChI is InChI=1S/C54H74O5P.BrH/c1-39(2)43-25-30-54(32-31-52(6)44(48(43)54)23-24-46-51(5)28-27-47(55)50(3,4)45(51)26-29-53(46,52)7)49(56)59-36-35-57-33-34-58-37-38-60(40-17-11-8-12-18-40,41-19-13-9-14-20-41)42-21-15-10-16-22-42;/h8-22,43-48,55H,1,23-38H2,2-7H3;1H/q+1;/p-1/t43-,44+,45-,46+,47-,48+,51-,52+,53+,54-;/m0./s1. The van der Waals surface area contributed by atoms with Crippen LogP contribution >= 0.6 is 7.26 Å². The number of hydrogen-bond acceptors (Lipinski definition) is 5. The summed E-state index contributed by atoms with van der Waals surface area (Å²) in [7, 11) is -1.94. The molecule has 0 amide bonds. The summed E-state index contributed by atoms with van der Waals surface area (Å²) >= 11 is 0. The van der Waals surface area contributed by atoms with E-state index in [0.717, 1.165) is 44.7 Å². The first-order valence-electron chi connectivity index (χ1n) is 23.5. The fraction of sp³-hybridized carbons (Fsp3) is 0.611. The maximum absolute atomic E-state index is 14.5. The molecule has 0 radical (unpaired) electrons. The molecule has 0 saturated heterocycles. The first kappa shape index (κ1) is 46.6. The Morgan fingerprint density at radius 3 is 1.79 bits per heavy atom. The third-order valence-corrected chi connectivity index (χ3v) is 22.8. The second kappa shape index (κ2) is 18.3. The number of allylic oxidation sites excluding steroid dienone is 1. The Labute approximate surface area is 379 Å². The van der Waals surface area contributed by atoms with Gasteiger partial charge in [-0.05, 0) is 159 Å². The van der Waals surface area contributed by atoms with E-state index >= 15 is 0 Å². The molecule has 0 aliphatic heterocycles. The number of carbonyl (C=O) groups is 1. The van der Waals surface area contributed by atoms with Gasteiger partial charge < -0.3 is 36.3 Å². The molecular weight excluding hydrogens is 839 g/mol. The van der Waals surface area contributed by atoms with Gasteiger partial charge >= 0.3 is 5.97 Å². The molecule has 0 unspecified atom stereocenters. The minimum atomic E-state index is -1.94. The molecule has 332 valence electrons. The lowest BCUT2D eigenvalue weighted by molar-refractivity contribution is -0.248. The summed E-state index contributed by atoms with van der Waals surface area (Å²) in [5.74, 6) is 2.31. The van der Waals surface area contributed by atoms with Crippen LogP contribution in [0.2, 0.25) is 0 Å². The largest absolute Gasteiger partial charge is 1.00 e. The second-order valence-corrected chi connectivity index (χ2v) is 24.7. The van der Waals surface area contributed by atoms with E-state index in [9.17, 15) is 9.90 Å². The molecule has 3 aromatic rings. The molecule has 0 spiro atoms. The third kappa shape index (κ3) is 7.77. The zero-order chi connectivity index (χ0) is 42.4. The van der Waals surface area contributed by atoms with Gasteiger partial charge in [0.2, 0.25) is 0 Å². The SMILES string of the molecule is C=C(C)[C@@H]1CC[C@]2(C(=O)OCCOCCOCC[P+](c3ccccc3)(c3ccccc3)c3ccccc3)CC[C@]3(C)[C@H](CC[C@@H]4[C@@]5(C)CC[C@H](O)C(C)(C)[C@@H]5CC[C@]43C)[C@@H]12.[Br-]. The van der Waals surface area contributed by atoms with Crippen molar-refractivity contribution in [2.24, 2.45) is 56.7 Å². The number of aliphatic hydroxyl groups is 1. The molecule has 10 atom stereocenters. The van der Waals surface area contributed by atoms with Gasteiger partial charge in [0.25, 0.3) is 0 Å². The minimum Gasteiger partial charge on any atom is -1.00 e. The van der Waals surface area contributed by atoms with Gasteiger partial charge in [0.15, 0.2) is 0 Å². The molecule has 3 aromatic carbocycles. The summed E-state index contributed by atoms with van der Waals surface area (Å²) in [5, 5.41) is 15.2. The Morgan fingerprint density at radius 2 is 1.21 bits per heavy atom. The molecule has 5 nitrogen and oxygen atoms in total. The highest BCUT2D eigenvalue weighted by Crippen LogP contribution is 2.77. The van der Waals surface area contributed by atoms with Crippen LogP contribution in [0.4, 0.5) is 0 Å². The van der Waals surface area contributed by atoms with E-state index in [4.69, 9.17) is 14.2 Å². The van der Waals surface area contributed by atoms with Crippen molar-refractivity contribution in [3.8, 4) is 0 Å². The lowest BCUT2D eigenvalue weighted by Gasteiger charge is -2.72. The quantitative estimate of drug-likeness (QED) is 0.0783. The molecule has 5 aliphatic rings. The second-order valence-electron chi connectivity index (χ2n) is 21.1. The van der Waals surface area contributed by atoms with Gasteiger partial charge in [0, 0.05) is 0 Å². The van der Waals surface area contributed by atoms with Crippen LogP contribution < -0.4 is 32.9 Å². The molecule has 8 rings (SSSR count). The number of hydrogen-bond donors (Lipinski definition) is 1. The summed E-state index contributed by atoms with van der Waals surface area (Å²) < 4.78 is 18.6. The van der Waals surface area contributed by atoms with Crippen molar-refractivity contribution >= 4 is 29.1 Å². The third-order valence-electron chi connectivity index (χ3n) is 18.4. The monoisotopic (exact) mass is 912 g/mol. The molecule has 0 bridgehead atoms. The number of esters is 1. The topological polar surface area (TPSA) is 65.0 Å². The molecule has 1 N–H and O–H groups in total. The number of rotatable bonds is 14. The van der Waals surface area contributed by atoms with Gasteiger partial charge in [-0.3, -0.25) is 4.79 Å². The first-order chi connectivity index (χ1) is 28.8. The van der Waals surface area contributed by atoms with Crippen molar-refractivity contribution in [2.45, 2.75) is 112 Å². The summed E-state index contributed by atoms with van der Waals surface area (Å²) in [6.45, 7) is 21.5. The number of fused-ring (bicyclic) bond motifs is 7. The Kier molecular flexibility index (Phi) is 14.0. The van der Waals surface area contributed by atoms with Crippen LogP contribution in [0.5, 0.6) is 0 Å². The van der Waals surface area contributed by atoms with Gasteiger partial charge in [-0.1, -0.05) is 101 Å². The summed E-state index contributed by atoms with van der Waals surface area (Å²) in [6, 6.07) is 32.8. The predicted molar refractivity (Wildman–Crippen MR) is 248 cm³/mol. The van der Waals surface area contributed by atoms with E-state index < -0.39 is 12.7 Å². The van der Waals surface area contributed by atoms with Crippen molar-refractivity contribution in [1.29, 1.82) is 0 Å². The summed E-state index contributed by atoms with van der Waals surface area (Å²) in [6.07, 6.45) is 11.5. The molecule has 61 heavy (non-hydrogen) atoms. The van der Waals surface area contributed by atoms with Gasteiger partial charge in [-0.15, -0.1) is 0 Å². The van der Waals surface area contributed by atoms with E-state index in [-0.39, 0.29) is 63.2 Å². The van der Waals surface area contributed by atoms with E-state index in [2.05, 4.69) is 139 Å². The van der Waals surface area contributed by atoms with Crippen LogP contribution in [0.15, 0.2) is 103 Å². The lowest BCUT2D eigenvalue weighted by Crippen LogP contribution is -3.00. The zero-order valence-electron chi connectivity index (χ0n) is 38.1. The highest BCUT2D eigenvalue weighted by Gasteiger charge is 2.72. The van der Waals surface area contributed by atoms with Crippen LogP contribution in [0.1, 0.15) is 106 Å². The molecule has 0 aromatic heterocycles. The minimum absolute atomic E-state index is 0. The maximum Gasteiger partial charge on any atom is 0.312 e. The number of benzene rings is 3. The zero-order valence-corrected chi connectivity index (χ0v) is 40.5. The first-order valence-corrected chi connectivity index (χ1v) is 25.4. The normalized spacial score (nSPS) is 35.1. The van der Waals surface area contributed by atoms with Crippen molar-refractivity contribution in [3.63, 3.8) is 0 Å². The highest BCUT2D eigenvalue weighted by molar-refractivity contribution is 7.95. The summed E-state index contributed by atoms with van der Waals surface area (Å²) in [5.41, 5.74) is 1.36. The van der Waals surface area contributed by atoms with Crippen LogP contribution in [-0.2, 0) is 19.0 Å². The van der Waals surface area contributed by atoms with Crippen LogP contribution in [0.3, 0.4) is 0 Å². The summed E-state index contributed by atoms with van der Waals surface area (Å²) in [4.78, 5) is 14.5. The Bertz CT molecular complexity index is 1860. The smallest absolute Gasteiger partial charge is 0.312 e. The molecule has 5 fully saturated rings. The highest BCUT2D eigenvalue weighted by atomic mass is 79.9. The fourth-order valence-electron chi connectivity index (χ4n) is 15.2. The van der Waals surface area contributed by atoms with Gasteiger partial charge in [0.1, 0.15) is 29.8 Å². The molecular formula is C54H74BrO5P. The number of carbonyl (C=O) groups excluding carboxylic acids is 1. The van der Waals surface area contributed by atoms with Gasteiger partial charge in [-0.25, -0.2) is 0 Å². The Morgan fingerprint density at radius 1 is 0.656 bits per heavy atom. The molecule has 5 aliphatic carbocycles. The molecule has 5 saturated carbocycles. The van der Waals surface area contributed by atoms with Crippen LogP contribution in [0.25, 0.3) is 0 Å². The molecule has 0 heterocycles. The number of ether oxygens (including phenoxy) is 3. The van der Waals surface area contributed by atoms with Crippen LogP contribution in [-0.4, -0.2) is 56.4 Å². The van der Waals surface area contributed by atoms with Gasteiger partial charge in [-0.2, -0.15) is 0 Å². The Hall–Kier alpha value is -2.34. The van der Waals surface area contributed by atoms with Crippen molar-refractivity contribution in [3.05, 3.63) is 103 Å². The van der Waals surface area contributed by atoms with E-state index in [1.165, 1.54) is 47.2 Å².